The van der Waals surface area contributed by atoms with Crippen molar-refractivity contribution < 1.29 is 48.7 Å². The van der Waals surface area contributed by atoms with E-state index in [1.54, 1.807) is 0 Å². The molecule has 0 heterocycles. The molecule has 0 amide bonds. The van der Waals surface area contributed by atoms with Crippen molar-refractivity contribution >= 4 is 11.9 Å². The molecule has 6 nitrogen and oxygen atoms in total. The van der Waals surface area contributed by atoms with Gasteiger partial charge in [0.15, 0.2) is 0 Å². The Morgan fingerprint density at radius 3 is 1.67 bits per heavy atom. The second kappa shape index (κ2) is 8.26. The van der Waals surface area contributed by atoms with Crippen molar-refractivity contribution in [3.05, 3.63) is 12.2 Å². The van der Waals surface area contributed by atoms with Gasteiger partial charge in [0.2, 0.25) is 0 Å². The van der Waals surface area contributed by atoms with Gasteiger partial charge in [0.05, 0.1) is 6.42 Å². The van der Waals surface area contributed by atoms with Crippen LogP contribution in [-0.2, 0) is 38.5 Å². The second-order valence-corrected chi connectivity index (χ2v) is 1.97. The van der Waals surface area contributed by atoms with Gasteiger partial charge in [0, 0.05) is 5.57 Å². The quantitative estimate of drug-likeness (QED) is 0.678. The fraction of sp³-hybridized carbons (Fsp3) is 0.200. The molecule has 0 aromatic heterocycles. The Kier molecular flexibility index (Phi) is 9.45. The number of hydrogen-bond acceptors (Lipinski definition) is 4. The van der Waals surface area contributed by atoms with Crippen LogP contribution < -0.4 is 0 Å². The summed E-state index contributed by atoms with van der Waals surface area (Å²) in [6, 6.07) is 0. The van der Waals surface area contributed by atoms with Crippen molar-refractivity contribution in [2.24, 2.45) is 0 Å². The predicted molar refractivity (Wildman–Crippen MR) is 30.4 cm³/mol. The topological polar surface area (TPSA) is 109 Å². The van der Waals surface area contributed by atoms with Crippen LogP contribution in [0.2, 0.25) is 0 Å². The number of carboxylic acids is 2. The van der Waals surface area contributed by atoms with Crippen molar-refractivity contribution in [2.45, 2.75) is 6.42 Å². The molecule has 66 valence electrons. The van der Waals surface area contributed by atoms with Gasteiger partial charge >= 0.3 is 40.8 Å². The van der Waals surface area contributed by atoms with E-state index < -0.39 is 41.6 Å². The fourth-order valence-electron chi connectivity index (χ4n) is 0.258. The summed E-state index contributed by atoms with van der Waals surface area (Å²) < 4.78 is 17.1. The molecule has 0 fully saturated rings. The van der Waals surface area contributed by atoms with Crippen molar-refractivity contribution in [1.29, 1.82) is 0 Å². The summed E-state index contributed by atoms with van der Waals surface area (Å²) in [5.41, 5.74) is -0.303. The van der Waals surface area contributed by atoms with E-state index in [4.69, 9.17) is 15.8 Å². The maximum atomic E-state index is 9.87. The Morgan fingerprint density at radius 1 is 1.25 bits per heavy atom. The summed E-state index contributed by atoms with van der Waals surface area (Å²) in [4.78, 5) is 19.7. The van der Waals surface area contributed by atoms with E-state index in [9.17, 15) is 9.59 Å². The number of hydrogen-bond donors (Lipinski definition) is 2. The molecule has 0 aromatic carbocycles. The van der Waals surface area contributed by atoms with Gasteiger partial charge in [-0.2, -0.15) is 0 Å². The van der Waals surface area contributed by atoms with E-state index in [0.717, 1.165) is 0 Å². The van der Waals surface area contributed by atoms with Crippen molar-refractivity contribution in [1.82, 2.24) is 0 Å². The Labute approximate surface area is 79.3 Å². The summed E-state index contributed by atoms with van der Waals surface area (Å²) in [6.07, 6.45) is -0.505. The van der Waals surface area contributed by atoms with E-state index >= 15 is 0 Å². The average molecular weight is 253 g/mol. The number of aliphatic carboxylic acids is 2. The van der Waals surface area contributed by atoms with E-state index in [2.05, 4.69) is 6.58 Å². The van der Waals surface area contributed by atoms with Crippen molar-refractivity contribution in [3.8, 4) is 0 Å². The van der Waals surface area contributed by atoms with Gasteiger partial charge in [0.1, 0.15) is 0 Å². The monoisotopic (exact) mass is 252 g/mol. The molecule has 0 radical (unpaired) electrons. The van der Waals surface area contributed by atoms with Crippen LogP contribution in [0.15, 0.2) is 12.2 Å². The summed E-state index contributed by atoms with van der Waals surface area (Å²) in [6.45, 7) is 3.01. The molecule has 0 aliphatic carbocycles. The van der Waals surface area contributed by atoms with E-state index in [0.29, 0.717) is 0 Å². The average Bonchev–Trinajstić information content (AvgIpc) is 1.87. The molecule has 0 rings (SSSR count). The Morgan fingerprint density at radius 2 is 1.58 bits per heavy atom. The zero-order chi connectivity index (χ0) is 10.1. The maximum absolute atomic E-state index is 9.87. The molecule has 0 unspecified atom stereocenters. The summed E-state index contributed by atoms with van der Waals surface area (Å²) >= 11 is -2.27. The minimum absolute atomic E-state index is 0.303. The van der Waals surface area contributed by atoms with E-state index in [1.165, 1.54) is 0 Å². The van der Waals surface area contributed by atoms with Gasteiger partial charge in [-0.05, 0) is 0 Å². The summed E-state index contributed by atoms with van der Waals surface area (Å²) in [5, 5.41) is 16.1. The molecule has 0 bridgehead atoms. The zero-order valence-electron chi connectivity index (χ0n) is 5.94. The molecular formula is C5H6O6Zr. The number of carboxylic acid groups (broad SMARTS) is 2. The minimum atomic E-state index is -2.27. The van der Waals surface area contributed by atoms with Gasteiger partial charge in [-0.1, -0.05) is 6.58 Å². The van der Waals surface area contributed by atoms with Crippen molar-refractivity contribution in [3.63, 3.8) is 0 Å². The van der Waals surface area contributed by atoms with Gasteiger partial charge in [0.25, 0.3) is 0 Å². The molecule has 0 spiro atoms. The van der Waals surface area contributed by atoms with Crippen LogP contribution in [0.3, 0.4) is 0 Å². The molecule has 0 atom stereocenters. The van der Waals surface area contributed by atoms with Crippen molar-refractivity contribution in [2.75, 3.05) is 0 Å². The Bertz CT molecular complexity index is 226. The van der Waals surface area contributed by atoms with Crippen LogP contribution in [0.4, 0.5) is 0 Å². The molecule has 0 aliphatic rings. The third-order valence-corrected chi connectivity index (χ3v) is 0.667. The SMILES string of the molecule is C=C(CC(=O)O)C(=O)O.[O]=[Zr]=[O]. The standard InChI is InChI=1S/C5H6O4.2O.Zr/c1-3(5(8)9)2-4(6)7;;;/h1-2H2,(H,6,7)(H,8,9);;;. The molecule has 0 saturated carbocycles. The van der Waals surface area contributed by atoms with Crippen LogP contribution in [0, 0.1) is 0 Å². The first-order valence-corrected chi connectivity index (χ1v) is 4.58. The predicted octanol–water partition coefficient (Wildman–Crippen LogP) is -0.138. The molecular weight excluding hydrogens is 247 g/mol. The Balaban J connectivity index is 0. The molecule has 0 aromatic rings. The molecule has 7 heteroatoms. The number of carbonyl (C=O) groups is 2. The van der Waals surface area contributed by atoms with Crippen LogP contribution in [0.1, 0.15) is 6.42 Å². The van der Waals surface area contributed by atoms with Gasteiger partial charge in [-0.25, -0.2) is 4.79 Å². The molecule has 0 aliphatic heterocycles. The van der Waals surface area contributed by atoms with E-state index in [-0.39, 0.29) is 5.57 Å². The summed E-state index contributed by atoms with van der Waals surface area (Å²) in [7, 11) is 0. The van der Waals surface area contributed by atoms with Crippen LogP contribution in [-0.4, -0.2) is 22.2 Å². The normalized spacial score (nSPS) is 7.00. The van der Waals surface area contributed by atoms with Crippen LogP contribution >= 0.6 is 0 Å². The first-order valence-electron chi connectivity index (χ1n) is 2.57. The molecule has 12 heavy (non-hydrogen) atoms. The van der Waals surface area contributed by atoms with Gasteiger partial charge in [-0.3, -0.25) is 4.79 Å². The number of rotatable bonds is 3. The third kappa shape index (κ3) is 11.9. The molecule has 2 N–H and O–H groups in total. The van der Waals surface area contributed by atoms with Crippen LogP contribution in [0.5, 0.6) is 0 Å². The van der Waals surface area contributed by atoms with E-state index in [1.807, 2.05) is 0 Å². The zero-order valence-corrected chi connectivity index (χ0v) is 8.40. The van der Waals surface area contributed by atoms with Gasteiger partial charge < -0.3 is 10.2 Å². The first-order chi connectivity index (χ1) is 5.45. The summed E-state index contributed by atoms with van der Waals surface area (Å²) in [5.74, 6) is -2.44. The molecule has 0 saturated heterocycles. The Hall–Kier alpha value is -0.837. The third-order valence-electron chi connectivity index (χ3n) is 0.667. The first kappa shape index (κ1) is 13.7. The fourth-order valence-corrected chi connectivity index (χ4v) is 0.258. The second-order valence-electron chi connectivity index (χ2n) is 1.56. The van der Waals surface area contributed by atoms with Crippen LogP contribution in [0.25, 0.3) is 0 Å². The van der Waals surface area contributed by atoms with Gasteiger partial charge in [-0.15, -0.1) is 0 Å².